The highest BCUT2D eigenvalue weighted by Crippen LogP contribution is 2.39. The van der Waals surface area contributed by atoms with Gasteiger partial charge in [-0.2, -0.15) is 0 Å². The van der Waals surface area contributed by atoms with Gasteiger partial charge in [0.2, 0.25) is 5.82 Å². The van der Waals surface area contributed by atoms with E-state index < -0.39 is 40.2 Å². The highest BCUT2D eigenvalue weighted by molar-refractivity contribution is 5.50. The van der Waals surface area contributed by atoms with Crippen molar-refractivity contribution in [3.05, 3.63) is 106 Å². The zero-order valence-corrected chi connectivity index (χ0v) is 12.7. The quantitative estimate of drug-likeness (QED) is 0.317. The molecule has 25 heavy (non-hydrogen) atoms. The standard InChI is InChI=1S/C19H12F5N/c20-14-13(15(21)17(23)18(24)16(14)22)19(25,11-7-3-1-4-8-11)12-9-5-2-6-10-12/h1-10H,25H2. The number of rotatable bonds is 3. The summed E-state index contributed by atoms with van der Waals surface area (Å²) >= 11 is 0. The molecule has 0 saturated carbocycles. The van der Waals surface area contributed by atoms with E-state index in [1.165, 1.54) is 24.3 Å². The molecule has 1 nitrogen and oxygen atoms in total. The molecule has 3 rings (SSSR count). The minimum Gasteiger partial charge on any atom is -0.314 e. The number of hydrogen-bond donors (Lipinski definition) is 1. The van der Waals surface area contributed by atoms with Crippen molar-refractivity contribution in [2.75, 3.05) is 0 Å². The summed E-state index contributed by atoms with van der Waals surface area (Å²) in [6.45, 7) is 0. The molecule has 0 fully saturated rings. The molecule has 0 aliphatic rings. The van der Waals surface area contributed by atoms with Gasteiger partial charge in [-0.05, 0) is 11.1 Å². The minimum absolute atomic E-state index is 0.185. The Morgan fingerprint density at radius 3 is 1.20 bits per heavy atom. The lowest BCUT2D eigenvalue weighted by Crippen LogP contribution is -2.41. The Morgan fingerprint density at radius 2 is 0.840 bits per heavy atom. The summed E-state index contributed by atoms with van der Waals surface area (Å²) < 4.78 is 69.9. The van der Waals surface area contributed by atoms with Crippen LogP contribution in [0.15, 0.2) is 60.7 Å². The van der Waals surface area contributed by atoms with Crippen LogP contribution in [0.4, 0.5) is 22.0 Å². The Bertz CT molecular complexity index is 842. The molecule has 2 N–H and O–H groups in total. The first-order chi connectivity index (χ1) is 11.9. The van der Waals surface area contributed by atoms with E-state index in [1.54, 1.807) is 36.4 Å². The van der Waals surface area contributed by atoms with Crippen LogP contribution in [-0.4, -0.2) is 0 Å². The summed E-state index contributed by atoms with van der Waals surface area (Å²) in [4.78, 5) is 0. The van der Waals surface area contributed by atoms with E-state index in [0.29, 0.717) is 0 Å². The Hall–Kier alpha value is -2.73. The third-order valence-corrected chi connectivity index (χ3v) is 4.06. The maximum absolute atomic E-state index is 14.5. The third kappa shape index (κ3) is 2.59. The lowest BCUT2D eigenvalue weighted by molar-refractivity contribution is 0.358. The molecule has 3 aromatic rings. The summed E-state index contributed by atoms with van der Waals surface area (Å²) in [6.07, 6.45) is 0. The van der Waals surface area contributed by atoms with Crippen molar-refractivity contribution in [3.63, 3.8) is 0 Å². The van der Waals surface area contributed by atoms with Crippen LogP contribution in [0.2, 0.25) is 0 Å². The average Bonchev–Trinajstić information content (AvgIpc) is 2.66. The smallest absolute Gasteiger partial charge is 0.200 e. The normalized spacial score (nSPS) is 11.6. The van der Waals surface area contributed by atoms with Gasteiger partial charge in [-0.3, -0.25) is 0 Å². The van der Waals surface area contributed by atoms with Crippen molar-refractivity contribution in [3.8, 4) is 0 Å². The first-order valence-corrected chi connectivity index (χ1v) is 7.30. The van der Waals surface area contributed by atoms with Crippen LogP contribution in [-0.2, 0) is 5.54 Å². The molecule has 0 spiro atoms. The summed E-state index contributed by atoms with van der Waals surface area (Å²) in [5.41, 5.74) is 3.53. The molecule has 0 aliphatic heterocycles. The lowest BCUT2D eigenvalue weighted by Gasteiger charge is -2.32. The fourth-order valence-corrected chi connectivity index (χ4v) is 2.81. The summed E-state index contributed by atoms with van der Waals surface area (Å²) in [5, 5.41) is 0. The summed E-state index contributed by atoms with van der Waals surface area (Å²) in [5.74, 6) is -10.2. The van der Waals surface area contributed by atoms with Gasteiger partial charge in [-0.25, -0.2) is 22.0 Å². The van der Waals surface area contributed by atoms with Crippen molar-refractivity contribution in [2.45, 2.75) is 5.54 Å². The van der Waals surface area contributed by atoms with E-state index in [1.807, 2.05) is 0 Å². The third-order valence-electron chi connectivity index (χ3n) is 4.06. The Morgan fingerprint density at radius 1 is 0.520 bits per heavy atom. The van der Waals surface area contributed by atoms with Crippen LogP contribution in [0.25, 0.3) is 0 Å². The minimum atomic E-state index is -2.22. The summed E-state index contributed by atoms with van der Waals surface area (Å²) in [7, 11) is 0. The predicted molar refractivity (Wildman–Crippen MR) is 83.2 cm³/mol. The second kappa shape index (κ2) is 6.29. The predicted octanol–water partition coefficient (Wildman–Crippen LogP) is 4.63. The van der Waals surface area contributed by atoms with Crippen molar-refractivity contribution in [1.82, 2.24) is 0 Å². The number of hydrogen-bond acceptors (Lipinski definition) is 1. The van der Waals surface area contributed by atoms with E-state index >= 15 is 0 Å². The number of nitrogens with two attached hydrogens (primary N) is 1. The molecule has 0 radical (unpaired) electrons. The van der Waals surface area contributed by atoms with Gasteiger partial charge >= 0.3 is 0 Å². The molecular formula is C19H12F5N. The second-order valence-electron chi connectivity index (χ2n) is 5.48. The molecule has 0 unspecified atom stereocenters. The monoisotopic (exact) mass is 349 g/mol. The van der Waals surface area contributed by atoms with Gasteiger partial charge < -0.3 is 5.73 Å². The van der Waals surface area contributed by atoms with E-state index in [-0.39, 0.29) is 11.1 Å². The molecule has 0 aliphatic carbocycles. The maximum Gasteiger partial charge on any atom is 0.200 e. The first-order valence-electron chi connectivity index (χ1n) is 7.30. The second-order valence-corrected chi connectivity index (χ2v) is 5.48. The SMILES string of the molecule is NC(c1ccccc1)(c1ccccc1)c1c(F)c(F)c(F)c(F)c1F. The van der Waals surface area contributed by atoms with Crippen LogP contribution in [0.3, 0.4) is 0 Å². The molecular weight excluding hydrogens is 337 g/mol. The fraction of sp³-hybridized carbons (Fsp3) is 0.0526. The molecule has 128 valence electrons. The van der Waals surface area contributed by atoms with Crippen LogP contribution in [0.5, 0.6) is 0 Å². The molecule has 3 aromatic carbocycles. The Balaban J connectivity index is 2.44. The van der Waals surface area contributed by atoms with Gasteiger partial charge in [-0.1, -0.05) is 60.7 Å². The van der Waals surface area contributed by atoms with Crippen molar-refractivity contribution >= 4 is 0 Å². The van der Waals surface area contributed by atoms with Gasteiger partial charge in [0.15, 0.2) is 23.3 Å². The topological polar surface area (TPSA) is 26.0 Å². The molecule has 0 bridgehead atoms. The molecule has 0 saturated heterocycles. The molecule has 0 aromatic heterocycles. The van der Waals surface area contributed by atoms with Gasteiger partial charge in [0.25, 0.3) is 0 Å². The maximum atomic E-state index is 14.5. The van der Waals surface area contributed by atoms with Gasteiger partial charge in [-0.15, -0.1) is 0 Å². The van der Waals surface area contributed by atoms with E-state index in [2.05, 4.69) is 0 Å². The highest BCUT2D eigenvalue weighted by Gasteiger charge is 2.41. The first kappa shape index (κ1) is 17.1. The van der Waals surface area contributed by atoms with E-state index in [9.17, 15) is 22.0 Å². The zero-order valence-electron chi connectivity index (χ0n) is 12.7. The van der Waals surface area contributed by atoms with Crippen molar-refractivity contribution < 1.29 is 22.0 Å². The van der Waals surface area contributed by atoms with Gasteiger partial charge in [0, 0.05) is 0 Å². The van der Waals surface area contributed by atoms with Gasteiger partial charge in [0.1, 0.15) is 0 Å². The zero-order chi connectivity index (χ0) is 18.2. The average molecular weight is 349 g/mol. The van der Waals surface area contributed by atoms with Crippen molar-refractivity contribution in [1.29, 1.82) is 0 Å². The number of benzene rings is 3. The molecule has 0 heterocycles. The Kier molecular flexibility index (Phi) is 4.30. The highest BCUT2D eigenvalue weighted by atomic mass is 19.2. The molecule has 0 atom stereocenters. The van der Waals surface area contributed by atoms with E-state index in [4.69, 9.17) is 5.73 Å². The van der Waals surface area contributed by atoms with E-state index in [0.717, 1.165) is 0 Å². The van der Waals surface area contributed by atoms with Crippen LogP contribution < -0.4 is 5.73 Å². The fourth-order valence-electron chi connectivity index (χ4n) is 2.81. The Labute approximate surface area is 140 Å². The number of halogens is 5. The molecule has 6 heteroatoms. The van der Waals surface area contributed by atoms with Crippen LogP contribution in [0.1, 0.15) is 16.7 Å². The van der Waals surface area contributed by atoms with Gasteiger partial charge in [0.05, 0.1) is 11.1 Å². The van der Waals surface area contributed by atoms with Crippen LogP contribution >= 0.6 is 0 Å². The summed E-state index contributed by atoms with van der Waals surface area (Å²) in [6, 6.07) is 15.4. The lowest BCUT2D eigenvalue weighted by atomic mass is 9.77. The van der Waals surface area contributed by atoms with Crippen molar-refractivity contribution in [2.24, 2.45) is 5.73 Å². The largest absolute Gasteiger partial charge is 0.314 e. The molecule has 0 amide bonds. The van der Waals surface area contributed by atoms with Crippen LogP contribution in [0, 0.1) is 29.1 Å².